The van der Waals surface area contributed by atoms with E-state index in [1.54, 1.807) is 0 Å². The lowest BCUT2D eigenvalue weighted by atomic mass is 9.82. The highest BCUT2D eigenvalue weighted by molar-refractivity contribution is 6.48. The Morgan fingerprint density at radius 1 is 0.233 bits per heavy atom. The van der Waals surface area contributed by atoms with Gasteiger partial charge >= 0.3 is 0 Å². The van der Waals surface area contributed by atoms with Crippen LogP contribution in [-0.4, -0.2) is 23.6 Å². The molecule has 2 heterocycles. The number of carbonyl (C=O) groups is 4. The van der Waals surface area contributed by atoms with Gasteiger partial charge in [-0.15, -0.1) is 0 Å². The van der Waals surface area contributed by atoms with E-state index in [0.29, 0.717) is 90.4 Å². The second-order valence-corrected chi connectivity index (χ2v) is 46.5. The number of nitrogens with zero attached hydrogens (tertiary/aromatic N) is 2. The predicted octanol–water partition coefficient (Wildman–Crippen LogP) is 37.8. The molecule has 2 aliphatic heterocycles. The molecule has 4 amide bonds. The van der Waals surface area contributed by atoms with Crippen molar-refractivity contribution in [3.8, 4) is 90.5 Å². The normalized spacial score (nSPS) is 13.9. The molecule has 0 spiro atoms. The zero-order valence-electron chi connectivity index (χ0n) is 86.4. The summed E-state index contributed by atoms with van der Waals surface area (Å²) in [5.74, 6) is 2.45. The molecule has 20 aromatic rings. The number of benzene rings is 20. The molecular formula is C136H114N2O8. The molecule has 0 N–H and O–H groups in total. The molecule has 25 rings (SSSR count). The van der Waals surface area contributed by atoms with Gasteiger partial charge in [0.15, 0.2) is 0 Å². The second-order valence-electron chi connectivity index (χ2n) is 46.5. The number of fused-ring (bicyclic) bond motifs is 14. The monoisotopic (exact) mass is 1900 g/mol. The van der Waals surface area contributed by atoms with Gasteiger partial charge in [0.05, 0.1) is 33.6 Å². The topological polar surface area (TPSA) is 112 Å². The number of carbonyl (C=O) groups excluding carboxylic acids is 4. The molecule has 5 aliphatic rings. The lowest BCUT2D eigenvalue weighted by Gasteiger charge is -2.34. The molecule has 0 saturated carbocycles. The SMILES string of the molecule is C=Cc1cc(C(C)C)c(N2C(=O)c3cc(Oc4ccc(C(C)(C)C)cc4)c4c5ccc6c7c(ccc(c8c(Oc9ccc(C(C)(C)C)cc9)cc(c3c48)C2=O)c75)-c2cc3cc4c(cc3cc2-6)C=Cc2cc3cc5c(cc3cc2C=C4)-c2ccc3c4c(Oc6ccc(C(C)(C)C)cc6)cc6c7c(cc(Oc8ccc(C(C)(C)C)cc8)c(c8ccc-5c2c83)c74)C(=O)N(c2c(C(C)C)cc(C=C)cc2C(C)C)C6=O)c(C(C)C)c1. The summed E-state index contributed by atoms with van der Waals surface area (Å²) in [6.45, 7) is 51.7. The third-order valence-electron chi connectivity index (χ3n) is 31.8. The maximum atomic E-state index is 16.4. The summed E-state index contributed by atoms with van der Waals surface area (Å²) in [5, 5.41) is 18.1. The van der Waals surface area contributed by atoms with Crippen LogP contribution in [0.2, 0.25) is 0 Å². The molecule has 0 aromatic heterocycles. The van der Waals surface area contributed by atoms with Gasteiger partial charge in [0.2, 0.25) is 0 Å². The van der Waals surface area contributed by atoms with Gasteiger partial charge in [-0.2, -0.15) is 0 Å². The van der Waals surface area contributed by atoms with E-state index < -0.39 is 23.6 Å². The van der Waals surface area contributed by atoms with Gasteiger partial charge in [-0.3, -0.25) is 19.2 Å². The molecule has 0 radical (unpaired) electrons. The van der Waals surface area contributed by atoms with E-state index >= 15 is 19.2 Å². The smallest absolute Gasteiger partial charge is 0.266 e. The van der Waals surface area contributed by atoms with Crippen molar-refractivity contribution in [2.75, 3.05) is 9.80 Å². The highest BCUT2D eigenvalue weighted by Gasteiger charge is 2.45. The third-order valence-corrected chi connectivity index (χ3v) is 31.8. The zero-order valence-corrected chi connectivity index (χ0v) is 86.4. The number of hydrogen-bond donors (Lipinski definition) is 0. The van der Waals surface area contributed by atoms with Crippen molar-refractivity contribution in [1.29, 1.82) is 0 Å². The summed E-state index contributed by atoms with van der Waals surface area (Å²) in [6, 6.07) is 85.9. The average Bonchev–Trinajstić information content (AvgIpc) is 0.695. The second kappa shape index (κ2) is 32.2. The van der Waals surface area contributed by atoms with E-state index in [0.717, 1.165) is 219 Å². The maximum Gasteiger partial charge on any atom is 0.266 e. The Bertz CT molecular complexity index is 8310. The number of amides is 4. The highest BCUT2D eigenvalue weighted by Crippen LogP contribution is 2.62. The fraction of sp³-hybridized carbons (Fsp3) is 0.206. The minimum atomic E-state index is -0.423. The van der Waals surface area contributed by atoms with Crippen molar-refractivity contribution < 1.29 is 38.1 Å². The van der Waals surface area contributed by atoms with Crippen molar-refractivity contribution in [1.82, 2.24) is 0 Å². The van der Waals surface area contributed by atoms with Crippen LogP contribution in [0.5, 0.6) is 46.0 Å². The van der Waals surface area contributed by atoms with Gasteiger partial charge in [-0.1, -0.05) is 285 Å². The molecule has 146 heavy (non-hydrogen) atoms. The first-order valence-corrected chi connectivity index (χ1v) is 51.4. The van der Waals surface area contributed by atoms with Crippen LogP contribution in [0.25, 0.3) is 189 Å². The predicted molar refractivity (Wildman–Crippen MR) is 610 cm³/mol. The third kappa shape index (κ3) is 13.8. The molecule has 20 aromatic carbocycles. The number of imide groups is 2. The summed E-state index contributed by atoms with van der Waals surface area (Å²) in [6.07, 6.45) is 12.8. The number of ether oxygens (including phenoxy) is 4. The Morgan fingerprint density at radius 3 is 0.644 bits per heavy atom. The fourth-order valence-electron chi connectivity index (χ4n) is 24.2. The minimum Gasteiger partial charge on any atom is -0.457 e. The van der Waals surface area contributed by atoms with Gasteiger partial charge in [0.1, 0.15) is 46.0 Å². The van der Waals surface area contributed by atoms with Gasteiger partial charge in [-0.05, 0) is 378 Å². The molecule has 10 nitrogen and oxygen atoms in total. The maximum absolute atomic E-state index is 16.4. The van der Waals surface area contributed by atoms with Crippen LogP contribution in [0.4, 0.5) is 11.4 Å². The molecule has 0 bridgehead atoms. The fourth-order valence-corrected chi connectivity index (χ4v) is 24.2. The first-order valence-electron chi connectivity index (χ1n) is 51.4. The Kier molecular flexibility index (Phi) is 20.1. The number of anilines is 2. The highest BCUT2D eigenvalue weighted by atomic mass is 16.5. The van der Waals surface area contributed by atoms with Crippen LogP contribution in [-0.2, 0) is 21.7 Å². The summed E-state index contributed by atoms with van der Waals surface area (Å²) >= 11 is 0. The lowest BCUT2D eigenvalue weighted by molar-refractivity contribution is 0.0877. The zero-order chi connectivity index (χ0) is 101. The lowest BCUT2D eigenvalue weighted by Crippen LogP contribution is -2.42. The molecule has 716 valence electrons. The van der Waals surface area contributed by atoms with Gasteiger partial charge in [0.25, 0.3) is 23.6 Å². The molecule has 0 fully saturated rings. The van der Waals surface area contributed by atoms with Crippen molar-refractivity contribution in [3.05, 3.63) is 356 Å². The number of hydrogen-bond acceptors (Lipinski definition) is 8. The largest absolute Gasteiger partial charge is 0.457 e. The van der Waals surface area contributed by atoms with Gasteiger partial charge in [-0.25, -0.2) is 9.80 Å². The quantitative estimate of drug-likeness (QED) is 0.0534. The van der Waals surface area contributed by atoms with Gasteiger partial charge < -0.3 is 18.9 Å². The first-order chi connectivity index (χ1) is 69.7. The first kappa shape index (κ1) is 91.2. The van der Waals surface area contributed by atoms with Crippen molar-refractivity contribution in [2.24, 2.45) is 0 Å². The van der Waals surface area contributed by atoms with E-state index in [9.17, 15) is 0 Å². The van der Waals surface area contributed by atoms with E-state index in [1.807, 2.05) is 84.9 Å². The van der Waals surface area contributed by atoms with Crippen LogP contribution in [0.3, 0.4) is 0 Å². The average molecular weight is 1900 g/mol. The van der Waals surface area contributed by atoms with Crippen LogP contribution >= 0.6 is 0 Å². The summed E-state index contributed by atoms with van der Waals surface area (Å²) in [7, 11) is 0. The summed E-state index contributed by atoms with van der Waals surface area (Å²) < 4.78 is 29.6. The Hall–Kier alpha value is -16.0. The van der Waals surface area contributed by atoms with E-state index in [4.69, 9.17) is 18.9 Å². The van der Waals surface area contributed by atoms with Crippen LogP contribution in [0.1, 0.15) is 281 Å². The Morgan fingerprint density at radius 2 is 0.445 bits per heavy atom. The number of rotatable bonds is 16. The van der Waals surface area contributed by atoms with E-state index in [2.05, 4.69) is 346 Å². The van der Waals surface area contributed by atoms with E-state index in [1.165, 1.54) is 9.80 Å². The Labute approximate surface area is 851 Å². The molecule has 3 aliphatic carbocycles. The molecule has 0 saturated heterocycles. The standard InChI is InChI=1S/C136H114N2O8/c1-23-73-53-99(69(3)4)127(100(54-73)70(5)6)137-129(139)107-65-111(143-87-37-29-83(30-38-87)133(11,12)13)121-95-49-45-91-103-61-79-57-75-25-27-77-59-81-63-105-93-47-51-97-118-98(52-48-94(116(93)118)106(105)64-82(81)60-78(77)28-26-76(75)58-80(79)62-104(103)92-46-50-96(117(95)115(91)92)122-112(66-108(130(137)140)119(107)125(121)122)144-88-39-31-84(32-40-88)134(14,15)16)124-114(146-90-43-35-86(36-44-90)136(20,21)22)68-110-120-109(67-113(123(97)126(120)124)145-89-41-33-85(34-42-89)135(17,18)19)131(141)138(132(110)142)128-101(71(7)8)55-74(24-2)56-102(128)72(9)10/h23-72H,1-2H2,3-22H3. The summed E-state index contributed by atoms with van der Waals surface area (Å²) in [5.41, 5.74) is 25.4. The molecule has 0 unspecified atom stereocenters. The summed E-state index contributed by atoms with van der Waals surface area (Å²) in [4.78, 5) is 68.4. The minimum absolute atomic E-state index is 0.0625. The molecular weight excluding hydrogens is 1790 g/mol. The Balaban J connectivity index is 0.629. The van der Waals surface area contributed by atoms with Crippen molar-refractivity contribution >= 4 is 179 Å². The molecule has 10 heteroatoms. The van der Waals surface area contributed by atoms with Crippen LogP contribution in [0.15, 0.2) is 256 Å². The molecule has 0 atom stereocenters. The van der Waals surface area contributed by atoms with Gasteiger partial charge in [0, 0.05) is 43.1 Å². The van der Waals surface area contributed by atoms with Crippen LogP contribution in [0, 0.1) is 0 Å². The van der Waals surface area contributed by atoms with Crippen LogP contribution < -0.4 is 28.7 Å². The van der Waals surface area contributed by atoms with Crippen molar-refractivity contribution in [2.45, 2.75) is 184 Å². The van der Waals surface area contributed by atoms with Crippen molar-refractivity contribution in [3.63, 3.8) is 0 Å². The van der Waals surface area contributed by atoms with E-state index in [-0.39, 0.29) is 45.3 Å².